The normalized spacial score (nSPS) is 12.1. The zero-order valence-corrected chi connectivity index (χ0v) is 11.7. The van der Waals surface area contributed by atoms with Crippen LogP contribution in [0.15, 0.2) is 59.7 Å². The third-order valence-corrected chi connectivity index (χ3v) is 2.90. The van der Waals surface area contributed by atoms with Crippen LogP contribution < -0.4 is 5.43 Å². The summed E-state index contributed by atoms with van der Waals surface area (Å²) >= 11 is 0. The monoisotopic (exact) mass is 306 g/mol. The van der Waals surface area contributed by atoms with Gasteiger partial charge >= 0.3 is 6.18 Å². The van der Waals surface area contributed by atoms with Crippen molar-refractivity contribution in [2.75, 3.05) is 0 Å². The van der Waals surface area contributed by atoms with Gasteiger partial charge in [-0.05, 0) is 19.1 Å². The van der Waals surface area contributed by atoms with E-state index in [1.165, 1.54) is 24.3 Å². The third kappa shape index (κ3) is 3.94. The zero-order valence-electron chi connectivity index (χ0n) is 11.7. The van der Waals surface area contributed by atoms with Crippen LogP contribution in [0.25, 0.3) is 0 Å². The van der Waals surface area contributed by atoms with Crippen molar-refractivity contribution in [2.45, 2.75) is 13.1 Å². The van der Waals surface area contributed by atoms with Gasteiger partial charge in [0.1, 0.15) is 0 Å². The highest BCUT2D eigenvalue weighted by atomic mass is 19.4. The second-order valence-corrected chi connectivity index (χ2v) is 4.63. The number of aryl methyl sites for hydroxylation is 1. The summed E-state index contributed by atoms with van der Waals surface area (Å²) in [6.07, 6.45) is -4.67. The first kappa shape index (κ1) is 15.8. The quantitative estimate of drug-likeness (QED) is 0.682. The van der Waals surface area contributed by atoms with E-state index in [1.807, 2.05) is 5.43 Å². The Labute approximate surface area is 125 Å². The molecule has 0 saturated heterocycles. The van der Waals surface area contributed by atoms with E-state index in [0.717, 1.165) is 5.56 Å². The number of hydrogen-bond acceptors (Lipinski definition) is 2. The second kappa shape index (κ2) is 6.43. The van der Waals surface area contributed by atoms with E-state index in [4.69, 9.17) is 0 Å². The van der Waals surface area contributed by atoms with Crippen LogP contribution >= 0.6 is 0 Å². The van der Waals surface area contributed by atoms with Gasteiger partial charge in [-0.15, -0.1) is 0 Å². The molecule has 0 spiro atoms. The summed E-state index contributed by atoms with van der Waals surface area (Å²) in [5.74, 6) is -0.700. The highest BCUT2D eigenvalue weighted by Gasteiger charge is 2.37. The summed E-state index contributed by atoms with van der Waals surface area (Å²) < 4.78 is 39.2. The second-order valence-electron chi connectivity index (χ2n) is 4.63. The van der Waals surface area contributed by atoms with Crippen molar-refractivity contribution in [1.29, 1.82) is 0 Å². The molecule has 0 aliphatic rings. The highest BCUT2D eigenvalue weighted by molar-refractivity contribution is 6.05. The van der Waals surface area contributed by atoms with Crippen LogP contribution in [0.2, 0.25) is 0 Å². The molecule has 0 atom stereocenters. The van der Waals surface area contributed by atoms with E-state index in [-0.39, 0.29) is 11.1 Å². The molecule has 1 N–H and O–H groups in total. The smallest absolute Gasteiger partial charge is 0.267 e. The molecule has 0 aliphatic heterocycles. The number of amides is 1. The summed E-state index contributed by atoms with van der Waals surface area (Å²) in [6.45, 7) is 1.77. The Balaban J connectivity index is 2.27. The third-order valence-electron chi connectivity index (χ3n) is 2.90. The lowest BCUT2D eigenvalue weighted by Crippen LogP contribution is -2.29. The average molecular weight is 306 g/mol. The fraction of sp³-hybridized carbons (Fsp3) is 0.125. The van der Waals surface area contributed by atoms with Gasteiger partial charge in [-0.3, -0.25) is 4.79 Å². The van der Waals surface area contributed by atoms with Crippen LogP contribution in [0.5, 0.6) is 0 Å². The van der Waals surface area contributed by atoms with Crippen molar-refractivity contribution in [2.24, 2.45) is 5.10 Å². The summed E-state index contributed by atoms with van der Waals surface area (Å²) in [7, 11) is 0. The number of alkyl halides is 3. The maximum atomic E-state index is 13.1. The summed E-state index contributed by atoms with van der Waals surface area (Å²) in [5.41, 5.74) is 1.77. The SMILES string of the molecule is Cc1ccc(/C(=N/NC(=O)c2ccccc2)C(F)(F)F)cc1. The van der Waals surface area contributed by atoms with E-state index in [0.29, 0.717) is 0 Å². The van der Waals surface area contributed by atoms with Gasteiger partial charge in [0.15, 0.2) is 5.71 Å². The van der Waals surface area contributed by atoms with Crippen LogP contribution in [0, 0.1) is 6.92 Å². The number of benzene rings is 2. The molecular weight excluding hydrogens is 293 g/mol. The van der Waals surface area contributed by atoms with Crippen LogP contribution in [0.4, 0.5) is 13.2 Å². The van der Waals surface area contributed by atoms with E-state index < -0.39 is 17.8 Å². The molecule has 6 heteroatoms. The fourth-order valence-electron chi connectivity index (χ4n) is 1.76. The number of hydrogen-bond donors (Lipinski definition) is 1. The van der Waals surface area contributed by atoms with Crippen molar-refractivity contribution < 1.29 is 18.0 Å². The van der Waals surface area contributed by atoms with E-state index >= 15 is 0 Å². The molecule has 0 unspecified atom stereocenters. The maximum absolute atomic E-state index is 13.1. The van der Waals surface area contributed by atoms with Crippen LogP contribution in [-0.4, -0.2) is 17.8 Å². The van der Waals surface area contributed by atoms with Crippen molar-refractivity contribution in [3.8, 4) is 0 Å². The fourth-order valence-corrected chi connectivity index (χ4v) is 1.76. The minimum absolute atomic E-state index is 0.105. The lowest BCUT2D eigenvalue weighted by atomic mass is 10.1. The highest BCUT2D eigenvalue weighted by Crippen LogP contribution is 2.22. The number of nitrogens with one attached hydrogen (secondary N) is 1. The largest absolute Gasteiger partial charge is 0.435 e. The Morgan fingerprint density at radius 1 is 0.955 bits per heavy atom. The van der Waals surface area contributed by atoms with Crippen LogP contribution in [-0.2, 0) is 0 Å². The van der Waals surface area contributed by atoms with Crippen molar-refractivity contribution >= 4 is 11.6 Å². The summed E-state index contributed by atoms with van der Waals surface area (Å²) in [4.78, 5) is 11.8. The van der Waals surface area contributed by atoms with Crippen molar-refractivity contribution in [1.82, 2.24) is 5.43 Å². The van der Waals surface area contributed by atoms with Gasteiger partial charge in [-0.1, -0.05) is 48.0 Å². The number of rotatable bonds is 3. The Morgan fingerprint density at radius 2 is 1.55 bits per heavy atom. The standard InChI is InChI=1S/C16H13F3N2O/c1-11-7-9-12(10-8-11)14(16(17,18)19)20-21-15(22)13-5-3-2-4-6-13/h2-10H,1H3,(H,21,22)/b20-14-. The van der Waals surface area contributed by atoms with Crippen LogP contribution in [0.1, 0.15) is 21.5 Å². The van der Waals surface area contributed by atoms with Gasteiger partial charge in [0.05, 0.1) is 0 Å². The lowest BCUT2D eigenvalue weighted by molar-refractivity contribution is -0.0583. The molecule has 0 saturated carbocycles. The topological polar surface area (TPSA) is 41.5 Å². The first-order valence-electron chi connectivity index (χ1n) is 6.45. The molecule has 0 radical (unpaired) electrons. The molecule has 2 aromatic carbocycles. The molecule has 0 aliphatic carbocycles. The van der Waals surface area contributed by atoms with E-state index in [1.54, 1.807) is 37.3 Å². The Kier molecular flexibility index (Phi) is 4.60. The summed E-state index contributed by atoms with van der Waals surface area (Å²) in [5, 5.41) is 3.26. The van der Waals surface area contributed by atoms with Crippen LogP contribution in [0.3, 0.4) is 0 Å². The van der Waals surface area contributed by atoms with Crippen molar-refractivity contribution in [3.05, 3.63) is 71.3 Å². The number of carbonyl (C=O) groups is 1. The van der Waals surface area contributed by atoms with Gasteiger partial charge in [-0.2, -0.15) is 18.3 Å². The Hall–Kier alpha value is -2.63. The molecule has 0 bridgehead atoms. The molecule has 3 nitrogen and oxygen atoms in total. The molecule has 114 valence electrons. The molecule has 1 amide bonds. The van der Waals surface area contributed by atoms with Gasteiger partial charge < -0.3 is 0 Å². The number of halogens is 3. The molecule has 0 aromatic heterocycles. The molecule has 2 rings (SSSR count). The minimum Gasteiger partial charge on any atom is -0.267 e. The molecule has 0 heterocycles. The molecule has 0 fully saturated rings. The summed E-state index contributed by atoms with van der Waals surface area (Å²) in [6, 6.07) is 13.6. The number of nitrogens with zero attached hydrogens (tertiary/aromatic N) is 1. The van der Waals surface area contributed by atoms with Gasteiger partial charge in [0.25, 0.3) is 5.91 Å². The first-order chi connectivity index (χ1) is 10.4. The number of hydrazone groups is 1. The van der Waals surface area contributed by atoms with E-state index in [2.05, 4.69) is 5.10 Å². The lowest BCUT2D eigenvalue weighted by Gasteiger charge is -2.11. The zero-order chi connectivity index (χ0) is 16.2. The Morgan fingerprint density at radius 3 is 2.09 bits per heavy atom. The number of carbonyl (C=O) groups excluding carboxylic acids is 1. The maximum Gasteiger partial charge on any atom is 0.435 e. The first-order valence-corrected chi connectivity index (χ1v) is 6.45. The minimum atomic E-state index is -4.67. The molecule has 2 aromatic rings. The van der Waals surface area contributed by atoms with Gasteiger partial charge in [0.2, 0.25) is 0 Å². The predicted octanol–water partition coefficient (Wildman–Crippen LogP) is 3.69. The average Bonchev–Trinajstić information content (AvgIpc) is 2.48. The predicted molar refractivity (Wildman–Crippen MR) is 77.7 cm³/mol. The Bertz CT molecular complexity index is 677. The van der Waals surface area contributed by atoms with Gasteiger partial charge in [0, 0.05) is 11.1 Å². The molecular formula is C16H13F3N2O. The molecule has 22 heavy (non-hydrogen) atoms. The van der Waals surface area contributed by atoms with Gasteiger partial charge in [-0.25, -0.2) is 5.43 Å². The van der Waals surface area contributed by atoms with E-state index in [9.17, 15) is 18.0 Å². The van der Waals surface area contributed by atoms with Crippen molar-refractivity contribution in [3.63, 3.8) is 0 Å².